The summed E-state index contributed by atoms with van der Waals surface area (Å²) in [5.74, 6) is 0.916. The van der Waals surface area contributed by atoms with Crippen LogP contribution < -0.4 is 11.1 Å². The minimum atomic E-state index is -0.330. The van der Waals surface area contributed by atoms with Crippen molar-refractivity contribution >= 4 is 68.7 Å². The Labute approximate surface area is 206 Å². The Hall–Kier alpha value is -1.77. The van der Waals surface area contributed by atoms with Crippen molar-refractivity contribution in [2.45, 2.75) is 24.2 Å². The molecule has 1 saturated heterocycles. The Bertz CT molecular complexity index is 1060. The lowest BCUT2D eigenvalue weighted by molar-refractivity contribution is 0.104. The fraction of sp³-hybridized carbons (Fsp3) is 0.304. The largest absolute Gasteiger partial charge is 0.382 e. The van der Waals surface area contributed by atoms with Gasteiger partial charge in [0, 0.05) is 22.9 Å². The van der Waals surface area contributed by atoms with Crippen LogP contribution in [-0.2, 0) is 0 Å². The van der Waals surface area contributed by atoms with Crippen LogP contribution in [0.15, 0.2) is 47.4 Å². The molecular weight excluding hydrogens is 483 g/mol. The second-order valence-corrected chi connectivity index (χ2v) is 10.5. The number of benzene rings is 2. The number of likely N-dealkylation sites (tertiary alicyclic amines) is 1. The summed E-state index contributed by atoms with van der Waals surface area (Å²) in [7, 11) is 0. The molecule has 4 rings (SSSR count). The summed E-state index contributed by atoms with van der Waals surface area (Å²) in [4.78, 5) is 21.3. The number of piperidine rings is 1. The van der Waals surface area contributed by atoms with Gasteiger partial charge in [-0.1, -0.05) is 47.0 Å². The molecule has 32 heavy (non-hydrogen) atoms. The van der Waals surface area contributed by atoms with Gasteiger partial charge in [0.05, 0.1) is 15.6 Å². The Balaban J connectivity index is 1.37. The van der Waals surface area contributed by atoms with E-state index >= 15 is 0 Å². The van der Waals surface area contributed by atoms with Crippen LogP contribution in [0.4, 0.5) is 16.6 Å². The number of anilines is 3. The van der Waals surface area contributed by atoms with Gasteiger partial charge in [0.25, 0.3) is 0 Å². The number of nitrogen functional groups attached to an aromatic ring is 1. The predicted molar refractivity (Wildman–Crippen MR) is 137 cm³/mol. The molecule has 0 atom stereocenters. The fourth-order valence-corrected chi connectivity index (χ4v) is 5.94. The van der Waals surface area contributed by atoms with Crippen molar-refractivity contribution in [1.29, 1.82) is 0 Å². The van der Waals surface area contributed by atoms with Gasteiger partial charge in [-0.3, -0.25) is 4.79 Å². The number of nitrogens with one attached hydrogen (secondary N) is 1. The average Bonchev–Trinajstić information content (AvgIpc) is 3.15. The Morgan fingerprint density at radius 3 is 2.47 bits per heavy atom. The molecule has 0 spiro atoms. The number of thioether (sulfide) groups is 1. The maximum absolute atomic E-state index is 12.9. The summed E-state index contributed by atoms with van der Waals surface area (Å²) in [6, 6.07) is 13.2. The molecule has 0 amide bonds. The number of nitrogens with zero attached hydrogens (tertiary/aromatic N) is 2. The van der Waals surface area contributed by atoms with Gasteiger partial charge in [0.15, 0.2) is 5.13 Å². The molecule has 1 aliphatic heterocycles. The highest BCUT2D eigenvalue weighted by molar-refractivity contribution is 7.99. The third kappa shape index (κ3) is 5.77. The van der Waals surface area contributed by atoms with Crippen LogP contribution in [0.1, 0.15) is 34.5 Å². The van der Waals surface area contributed by atoms with Crippen LogP contribution in [0.2, 0.25) is 10.0 Å². The highest BCUT2D eigenvalue weighted by Gasteiger charge is 2.22. The number of nitrogens with two attached hydrogens (primary N) is 1. The van der Waals surface area contributed by atoms with Crippen molar-refractivity contribution in [3.63, 3.8) is 0 Å². The number of thiazole rings is 1. The van der Waals surface area contributed by atoms with Gasteiger partial charge in [-0.15, -0.1) is 11.8 Å². The quantitative estimate of drug-likeness (QED) is 0.265. The van der Waals surface area contributed by atoms with E-state index in [0.29, 0.717) is 10.0 Å². The molecular formula is C23H24Cl2N4OS2. The number of aromatic nitrogens is 1. The van der Waals surface area contributed by atoms with Gasteiger partial charge >= 0.3 is 0 Å². The van der Waals surface area contributed by atoms with Gasteiger partial charge in [-0.2, -0.15) is 0 Å². The van der Waals surface area contributed by atoms with E-state index in [1.165, 1.54) is 48.6 Å². The SMILES string of the molecule is Nc1nc(Nc2ccc(SCCN3CCCCC3)cc2)sc1C(=O)c1c(Cl)cccc1Cl. The van der Waals surface area contributed by atoms with Gasteiger partial charge < -0.3 is 16.0 Å². The molecule has 168 valence electrons. The lowest BCUT2D eigenvalue weighted by Gasteiger charge is -2.26. The number of ketones is 1. The van der Waals surface area contributed by atoms with Crippen LogP contribution in [-0.4, -0.2) is 41.1 Å². The highest BCUT2D eigenvalue weighted by Crippen LogP contribution is 2.34. The van der Waals surface area contributed by atoms with Crippen LogP contribution >= 0.6 is 46.3 Å². The van der Waals surface area contributed by atoms with E-state index in [1.807, 2.05) is 23.9 Å². The zero-order chi connectivity index (χ0) is 22.5. The predicted octanol–water partition coefficient (Wildman–Crippen LogP) is 6.58. The number of hydrogen-bond donors (Lipinski definition) is 2. The van der Waals surface area contributed by atoms with Crippen LogP contribution in [0.25, 0.3) is 0 Å². The maximum atomic E-state index is 12.9. The smallest absolute Gasteiger partial charge is 0.209 e. The zero-order valence-corrected chi connectivity index (χ0v) is 20.6. The lowest BCUT2D eigenvalue weighted by Crippen LogP contribution is -2.31. The van der Waals surface area contributed by atoms with Gasteiger partial charge in [-0.05, 0) is 62.3 Å². The third-order valence-corrected chi connectivity index (χ3v) is 7.89. The Morgan fingerprint density at radius 1 is 1.09 bits per heavy atom. The first-order valence-corrected chi connectivity index (χ1v) is 13.0. The first kappa shape index (κ1) is 23.4. The van der Waals surface area contributed by atoms with E-state index in [4.69, 9.17) is 28.9 Å². The number of carbonyl (C=O) groups excluding carboxylic acids is 1. The van der Waals surface area contributed by atoms with Crippen molar-refractivity contribution in [2.24, 2.45) is 0 Å². The van der Waals surface area contributed by atoms with Crippen LogP contribution in [0.5, 0.6) is 0 Å². The average molecular weight is 508 g/mol. The second-order valence-electron chi connectivity index (χ2n) is 7.56. The minimum Gasteiger partial charge on any atom is -0.382 e. The maximum Gasteiger partial charge on any atom is 0.209 e. The van der Waals surface area contributed by atoms with E-state index in [-0.39, 0.29) is 27.2 Å². The third-order valence-electron chi connectivity index (χ3n) is 5.28. The van der Waals surface area contributed by atoms with Gasteiger partial charge in [0.2, 0.25) is 5.78 Å². The molecule has 1 aromatic heterocycles. The second kappa shape index (κ2) is 10.9. The summed E-state index contributed by atoms with van der Waals surface area (Å²) >= 11 is 15.4. The number of hydrogen-bond acceptors (Lipinski definition) is 7. The summed E-state index contributed by atoms with van der Waals surface area (Å²) in [6.07, 6.45) is 4.02. The molecule has 1 fully saturated rings. The molecule has 0 bridgehead atoms. The lowest BCUT2D eigenvalue weighted by atomic mass is 10.1. The van der Waals surface area contributed by atoms with Crippen molar-refractivity contribution in [3.05, 3.63) is 63.0 Å². The molecule has 1 aliphatic rings. The minimum absolute atomic E-state index is 0.156. The molecule has 3 aromatic rings. The molecule has 0 unspecified atom stereocenters. The topological polar surface area (TPSA) is 71.2 Å². The van der Waals surface area contributed by atoms with Gasteiger partial charge in [0.1, 0.15) is 10.7 Å². The summed E-state index contributed by atoms with van der Waals surface area (Å²) in [6.45, 7) is 3.59. The van der Waals surface area contributed by atoms with E-state index in [9.17, 15) is 4.79 Å². The molecule has 0 radical (unpaired) electrons. The van der Waals surface area contributed by atoms with Gasteiger partial charge in [-0.25, -0.2) is 4.98 Å². The number of halogens is 2. The van der Waals surface area contributed by atoms with E-state index in [0.717, 1.165) is 18.0 Å². The molecule has 2 heterocycles. The number of carbonyl (C=O) groups is 1. The Morgan fingerprint density at radius 2 is 1.78 bits per heavy atom. The van der Waals surface area contributed by atoms with E-state index in [1.54, 1.807) is 18.2 Å². The van der Waals surface area contributed by atoms with E-state index in [2.05, 4.69) is 27.3 Å². The van der Waals surface area contributed by atoms with E-state index < -0.39 is 0 Å². The first-order chi connectivity index (χ1) is 15.5. The summed E-state index contributed by atoms with van der Waals surface area (Å²) in [5.41, 5.74) is 7.14. The number of rotatable bonds is 8. The zero-order valence-electron chi connectivity index (χ0n) is 17.4. The fourth-order valence-electron chi connectivity index (χ4n) is 3.61. The molecule has 5 nitrogen and oxygen atoms in total. The Kier molecular flexibility index (Phi) is 7.97. The summed E-state index contributed by atoms with van der Waals surface area (Å²) in [5, 5.41) is 4.35. The molecule has 2 aromatic carbocycles. The molecule has 0 saturated carbocycles. The van der Waals surface area contributed by atoms with Crippen LogP contribution in [0, 0.1) is 0 Å². The highest BCUT2D eigenvalue weighted by atomic mass is 35.5. The standard InChI is InChI=1S/C23H24Cl2N4OS2/c24-17-5-4-6-18(25)19(17)20(30)21-22(26)28-23(32-21)27-15-7-9-16(10-8-15)31-14-13-29-11-2-1-3-12-29/h4-10H,1-3,11-14,26H2,(H,27,28). The van der Waals surface area contributed by atoms with Crippen molar-refractivity contribution in [3.8, 4) is 0 Å². The first-order valence-electron chi connectivity index (χ1n) is 10.5. The van der Waals surface area contributed by atoms with Crippen molar-refractivity contribution in [2.75, 3.05) is 36.4 Å². The van der Waals surface area contributed by atoms with Crippen molar-refractivity contribution < 1.29 is 4.79 Å². The summed E-state index contributed by atoms with van der Waals surface area (Å²) < 4.78 is 0. The van der Waals surface area contributed by atoms with Crippen molar-refractivity contribution in [1.82, 2.24) is 9.88 Å². The van der Waals surface area contributed by atoms with Crippen LogP contribution in [0.3, 0.4) is 0 Å². The molecule has 0 aliphatic carbocycles. The molecule has 3 N–H and O–H groups in total. The normalized spacial score (nSPS) is 14.4. The monoisotopic (exact) mass is 506 g/mol. The molecule has 9 heteroatoms.